The van der Waals surface area contributed by atoms with E-state index in [9.17, 15) is 19.2 Å². The van der Waals surface area contributed by atoms with Crippen LogP contribution in [0.2, 0.25) is 0 Å². The molecule has 0 aliphatic heterocycles. The van der Waals surface area contributed by atoms with Crippen molar-refractivity contribution in [2.24, 2.45) is 29.4 Å². The number of carbonyl (C=O) groups is 4. The third kappa shape index (κ3) is 10.1. The molecule has 6 atom stereocenters. The van der Waals surface area contributed by atoms with E-state index in [-0.39, 0.29) is 47.6 Å². The summed E-state index contributed by atoms with van der Waals surface area (Å²) in [6.07, 6.45) is -0.0860. The highest BCUT2D eigenvalue weighted by molar-refractivity contribution is 5.79. The van der Waals surface area contributed by atoms with Crippen molar-refractivity contribution in [1.29, 1.82) is 0 Å². The third-order valence-electron chi connectivity index (χ3n) is 6.85. The molecule has 0 amide bonds. The molecule has 0 saturated carbocycles. The minimum atomic E-state index is -1.03. The van der Waals surface area contributed by atoms with Crippen molar-refractivity contribution in [2.75, 3.05) is 0 Å². The molecule has 0 radical (unpaired) electrons. The predicted molar refractivity (Wildman–Crippen MR) is 143 cm³/mol. The molecule has 0 aliphatic rings. The Labute approximate surface area is 226 Å². The number of esters is 4. The molecule has 0 bridgehead atoms. The SMILES string of the molecule is CCC(C)C(=O)Oc1ccc(C[C@H](N)C(=O)O[C@@H](C)[C@H](C)OC(=O)C(C)C(C)C)cc1OC(=O)C(C)CC. The zero-order valence-electron chi connectivity index (χ0n) is 24.2. The number of hydrogen-bond acceptors (Lipinski definition) is 9. The monoisotopic (exact) mass is 535 g/mol. The highest BCUT2D eigenvalue weighted by atomic mass is 16.6. The molecule has 0 aliphatic carbocycles. The lowest BCUT2D eigenvalue weighted by molar-refractivity contribution is -0.169. The molecule has 0 fully saturated rings. The number of benzene rings is 1. The Kier molecular flexibility index (Phi) is 13.5. The van der Waals surface area contributed by atoms with E-state index in [1.807, 2.05) is 27.7 Å². The Morgan fingerprint density at radius 2 is 1.18 bits per heavy atom. The lowest BCUT2D eigenvalue weighted by Crippen LogP contribution is -2.40. The van der Waals surface area contributed by atoms with Crippen molar-refractivity contribution in [3.05, 3.63) is 23.8 Å². The highest BCUT2D eigenvalue weighted by Crippen LogP contribution is 2.31. The molecule has 0 heterocycles. The molecule has 38 heavy (non-hydrogen) atoms. The molecule has 2 N–H and O–H groups in total. The smallest absolute Gasteiger partial charge is 0.323 e. The maximum absolute atomic E-state index is 12.7. The Morgan fingerprint density at radius 1 is 0.711 bits per heavy atom. The quantitative estimate of drug-likeness (QED) is 0.268. The van der Waals surface area contributed by atoms with E-state index in [0.29, 0.717) is 18.4 Å². The number of nitrogens with two attached hydrogens (primary N) is 1. The Bertz CT molecular complexity index is 960. The molecule has 9 nitrogen and oxygen atoms in total. The first-order chi connectivity index (χ1) is 17.7. The van der Waals surface area contributed by atoms with Crippen LogP contribution in [-0.2, 0) is 35.1 Å². The van der Waals surface area contributed by atoms with Gasteiger partial charge in [-0.2, -0.15) is 0 Å². The fourth-order valence-corrected chi connectivity index (χ4v) is 2.96. The van der Waals surface area contributed by atoms with Gasteiger partial charge < -0.3 is 24.7 Å². The molecule has 3 unspecified atom stereocenters. The van der Waals surface area contributed by atoms with Crippen molar-refractivity contribution in [2.45, 2.75) is 99.8 Å². The average molecular weight is 536 g/mol. The van der Waals surface area contributed by atoms with Gasteiger partial charge in [-0.15, -0.1) is 0 Å². The van der Waals surface area contributed by atoms with E-state index in [2.05, 4.69) is 0 Å². The lowest BCUT2D eigenvalue weighted by Gasteiger charge is -2.24. The van der Waals surface area contributed by atoms with Crippen molar-refractivity contribution < 1.29 is 38.1 Å². The summed E-state index contributed by atoms with van der Waals surface area (Å²) in [5.74, 6) is -2.55. The molecule has 9 heteroatoms. The fourth-order valence-electron chi connectivity index (χ4n) is 2.96. The van der Waals surface area contributed by atoms with Crippen LogP contribution in [0.4, 0.5) is 0 Å². The van der Waals surface area contributed by atoms with Crippen molar-refractivity contribution in [3.63, 3.8) is 0 Å². The molecule has 0 aromatic heterocycles. The van der Waals surface area contributed by atoms with Gasteiger partial charge in [0.05, 0.1) is 17.8 Å². The highest BCUT2D eigenvalue weighted by Gasteiger charge is 2.27. The van der Waals surface area contributed by atoms with E-state index >= 15 is 0 Å². The van der Waals surface area contributed by atoms with Crippen LogP contribution >= 0.6 is 0 Å². The van der Waals surface area contributed by atoms with Gasteiger partial charge in [-0.25, -0.2) is 0 Å². The summed E-state index contributed by atoms with van der Waals surface area (Å²) >= 11 is 0. The fraction of sp³-hybridized carbons (Fsp3) is 0.655. The zero-order chi connectivity index (χ0) is 29.2. The minimum Gasteiger partial charge on any atom is -0.459 e. The summed E-state index contributed by atoms with van der Waals surface area (Å²) in [5, 5.41) is 0. The van der Waals surface area contributed by atoms with Gasteiger partial charge in [0.2, 0.25) is 0 Å². The molecule has 1 rings (SSSR count). The second kappa shape index (κ2) is 15.5. The van der Waals surface area contributed by atoms with Gasteiger partial charge in [0, 0.05) is 0 Å². The van der Waals surface area contributed by atoms with Crippen LogP contribution in [0, 0.1) is 23.7 Å². The Balaban J connectivity index is 2.96. The van der Waals surface area contributed by atoms with E-state index in [0.717, 1.165) is 0 Å². The zero-order valence-corrected chi connectivity index (χ0v) is 24.2. The first-order valence-corrected chi connectivity index (χ1v) is 13.4. The first kappa shape index (κ1) is 33.1. The third-order valence-corrected chi connectivity index (χ3v) is 6.85. The van der Waals surface area contributed by atoms with E-state index in [1.165, 1.54) is 12.1 Å². The number of carbonyl (C=O) groups excluding carboxylic acids is 4. The predicted octanol–water partition coefficient (Wildman–Crippen LogP) is 4.61. The van der Waals surface area contributed by atoms with Crippen LogP contribution in [0.25, 0.3) is 0 Å². The van der Waals surface area contributed by atoms with Gasteiger partial charge in [-0.3, -0.25) is 19.2 Å². The van der Waals surface area contributed by atoms with Crippen molar-refractivity contribution in [3.8, 4) is 11.5 Å². The van der Waals surface area contributed by atoms with Crippen LogP contribution in [0.15, 0.2) is 18.2 Å². The standard InChI is InChI=1S/C29H45NO8/c1-10-17(5)26(31)37-24-13-12-22(15-25(24)38-27(32)18(6)11-2)14-23(30)29(34)36-21(9)20(8)35-28(33)19(7)16(3)4/h12-13,15-21,23H,10-11,14,30H2,1-9H3/t17?,18?,19?,20-,21-,23-/m0/s1. The van der Waals surface area contributed by atoms with Gasteiger partial charge in [-0.1, -0.05) is 54.5 Å². The summed E-state index contributed by atoms with van der Waals surface area (Å²) < 4.78 is 21.9. The second-order valence-electron chi connectivity index (χ2n) is 10.4. The molecule has 214 valence electrons. The Hall–Kier alpha value is -2.94. The molecular formula is C29H45NO8. The molecular weight excluding hydrogens is 490 g/mol. The van der Waals surface area contributed by atoms with Crippen molar-refractivity contribution >= 4 is 23.9 Å². The van der Waals surface area contributed by atoms with Crippen LogP contribution in [0.5, 0.6) is 11.5 Å². The minimum absolute atomic E-state index is 0.0809. The molecule has 0 spiro atoms. The summed E-state index contributed by atoms with van der Waals surface area (Å²) in [4.78, 5) is 49.7. The maximum atomic E-state index is 12.7. The van der Waals surface area contributed by atoms with Crippen LogP contribution in [0.1, 0.15) is 80.7 Å². The summed E-state index contributed by atoms with van der Waals surface area (Å²) in [6.45, 7) is 16.2. The normalized spacial score (nSPS) is 16.0. The second-order valence-corrected chi connectivity index (χ2v) is 10.4. The maximum Gasteiger partial charge on any atom is 0.323 e. The molecule has 1 aromatic carbocycles. The van der Waals surface area contributed by atoms with Gasteiger partial charge >= 0.3 is 23.9 Å². The van der Waals surface area contributed by atoms with Crippen molar-refractivity contribution in [1.82, 2.24) is 0 Å². The van der Waals surface area contributed by atoms with Gasteiger partial charge in [0.1, 0.15) is 18.2 Å². The van der Waals surface area contributed by atoms with Gasteiger partial charge in [0.25, 0.3) is 0 Å². The number of hydrogen-bond donors (Lipinski definition) is 1. The lowest BCUT2D eigenvalue weighted by atomic mass is 9.98. The van der Waals surface area contributed by atoms with Gasteiger partial charge in [-0.05, 0) is 56.7 Å². The van der Waals surface area contributed by atoms with Crippen LogP contribution in [0.3, 0.4) is 0 Å². The summed E-state index contributed by atoms with van der Waals surface area (Å²) in [5.41, 5.74) is 6.69. The average Bonchev–Trinajstić information content (AvgIpc) is 2.87. The van der Waals surface area contributed by atoms with E-state index in [4.69, 9.17) is 24.7 Å². The first-order valence-electron chi connectivity index (χ1n) is 13.4. The molecule has 1 aromatic rings. The summed E-state index contributed by atoms with van der Waals surface area (Å²) in [7, 11) is 0. The summed E-state index contributed by atoms with van der Waals surface area (Å²) in [6, 6.07) is 3.68. The topological polar surface area (TPSA) is 131 Å². The van der Waals surface area contributed by atoms with Gasteiger partial charge in [0.15, 0.2) is 11.5 Å². The Morgan fingerprint density at radius 3 is 1.66 bits per heavy atom. The molecule has 0 saturated heterocycles. The number of rotatable bonds is 14. The van der Waals surface area contributed by atoms with Crippen LogP contribution < -0.4 is 15.2 Å². The van der Waals surface area contributed by atoms with E-state index in [1.54, 1.807) is 40.7 Å². The van der Waals surface area contributed by atoms with E-state index < -0.39 is 36.2 Å². The number of ether oxygens (including phenoxy) is 4. The van der Waals surface area contributed by atoms with Crippen LogP contribution in [-0.4, -0.2) is 42.1 Å². The largest absolute Gasteiger partial charge is 0.459 e.